The number of hydrogen-bond donors (Lipinski definition) is 2. The number of nitrogen functional groups attached to an aromatic ring is 1. The number of aryl methyl sites for hydroxylation is 1. The predicted octanol–water partition coefficient (Wildman–Crippen LogP) is 4.55. The van der Waals surface area contributed by atoms with E-state index in [0.717, 1.165) is 16.3 Å². The Hall–Kier alpha value is -2.04. The average Bonchev–Trinajstić information content (AvgIpc) is 3.08. The summed E-state index contributed by atoms with van der Waals surface area (Å²) in [5, 5.41) is 5.77. The highest BCUT2D eigenvalue weighted by Gasteiger charge is 2.14. The monoisotopic (exact) mass is 389 g/mol. The molecule has 3 rings (SSSR count). The molecule has 3 aromatic heterocycles. The fourth-order valence-corrected chi connectivity index (χ4v) is 3.59. The molecule has 0 radical (unpaired) electrons. The Balaban J connectivity index is 1.81. The van der Waals surface area contributed by atoms with Gasteiger partial charge in [-0.05, 0) is 19.1 Å². The lowest BCUT2D eigenvalue weighted by Gasteiger charge is -2.07. The Labute approximate surface area is 148 Å². The van der Waals surface area contributed by atoms with Crippen LogP contribution in [0.2, 0.25) is 5.02 Å². The highest BCUT2D eigenvalue weighted by atomic mass is 35.5. The highest BCUT2D eigenvalue weighted by molar-refractivity contribution is 7.19. The van der Waals surface area contributed by atoms with Crippen molar-refractivity contribution in [3.8, 4) is 16.5 Å². The molecule has 0 amide bonds. The van der Waals surface area contributed by atoms with Gasteiger partial charge >= 0.3 is 6.61 Å². The van der Waals surface area contributed by atoms with Crippen LogP contribution in [0.4, 0.5) is 24.9 Å². The first-order chi connectivity index (χ1) is 11.4. The van der Waals surface area contributed by atoms with Crippen molar-refractivity contribution < 1.29 is 13.5 Å². The zero-order chi connectivity index (χ0) is 17.3. The smallest absolute Gasteiger partial charge is 0.388 e. The third kappa shape index (κ3) is 3.71. The standard InChI is InChI=1S/C13H10ClF2N5OS2/c1-5-9(24-12(17)18-5)7-4-23-13(19-7)21-8-3-2-6(14)10(20-8)22-11(15)16/h2-4,11H,1H3,(H2,17,18)(H,19,20,21). The van der Waals surface area contributed by atoms with Crippen LogP contribution in [-0.2, 0) is 0 Å². The quantitative estimate of drug-likeness (QED) is 0.665. The average molecular weight is 390 g/mol. The van der Waals surface area contributed by atoms with E-state index in [-0.39, 0.29) is 16.7 Å². The van der Waals surface area contributed by atoms with Crippen LogP contribution >= 0.6 is 34.3 Å². The Kier molecular flexibility index (Phi) is 4.78. The maximum atomic E-state index is 12.3. The molecule has 3 heterocycles. The number of pyridine rings is 1. The van der Waals surface area contributed by atoms with Crippen molar-refractivity contribution in [3.63, 3.8) is 0 Å². The second-order valence-electron chi connectivity index (χ2n) is 4.49. The molecule has 0 aromatic carbocycles. The van der Waals surface area contributed by atoms with Gasteiger partial charge in [-0.25, -0.2) is 9.97 Å². The molecular formula is C13H10ClF2N5OS2. The number of anilines is 3. The topological polar surface area (TPSA) is 86.0 Å². The summed E-state index contributed by atoms with van der Waals surface area (Å²) in [5.41, 5.74) is 7.21. The molecule has 0 aliphatic rings. The van der Waals surface area contributed by atoms with E-state index in [1.807, 2.05) is 12.3 Å². The van der Waals surface area contributed by atoms with Crippen molar-refractivity contribution in [1.29, 1.82) is 0 Å². The van der Waals surface area contributed by atoms with Gasteiger partial charge in [0.1, 0.15) is 10.8 Å². The van der Waals surface area contributed by atoms with Gasteiger partial charge in [0, 0.05) is 5.38 Å². The molecule has 126 valence electrons. The molecule has 0 unspecified atom stereocenters. The molecular weight excluding hydrogens is 380 g/mol. The van der Waals surface area contributed by atoms with Crippen LogP contribution in [0.25, 0.3) is 10.6 Å². The van der Waals surface area contributed by atoms with Crippen LogP contribution in [0.3, 0.4) is 0 Å². The lowest BCUT2D eigenvalue weighted by Crippen LogP contribution is -2.05. The SMILES string of the molecule is Cc1nc(N)sc1-c1csc(Nc2ccc(Cl)c(OC(F)F)n2)n1. The van der Waals surface area contributed by atoms with E-state index in [0.29, 0.717) is 10.3 Å². The third-order valence-electron chi connectivity index (χ3n) is 2.80. The highest BCUT2D eigenvalue weighted by Crippen LogP contribution is 2.34. The summed E-state index contributed by atoms with van der Waals surface area (Å²) in [7, 11) is 0. The van der Waals surface area contributed by atoms with Crippen molar-refractivity contribution in [3.05, 3.63) is 28.2 Å². The molecule has 0 spiro atoms. The molecule has 0 aliphatic carbocycles. The van der Waals surface area contributed by atoms with E-state index < -0.39 is 6.61 Å². The molecule has 11 heteroatoms. The van der Waals surface area contributed by atoms with Gasteiger partial charge in [-0.3, -0.25) is 0 Å². The zero-order valence-electron chi connectivity index (χ0n) is 12.1. The van der Waals surface area contributed by atoms with Crippen molar-refractivity contribution >= 4 is 50.4 Å². The number of alkyl halides is 2. The lowest BCUT2D eigenvalue weighted by molar-refractivity contribution is -0.0526. The first-order valence-electron chi connectivity index (χ1n) is 6.49. The van der Waals surface area contributed by atoms with Gasteiger partial charge in [0.05, 0.1) is 16.3 Å². The van der Waals surface area contributed by atoms with E-state index >= 15 is 0 Å². The van der Waals surface area contributed by atoms with E-state index in [9.17, 15) is 8.78 Å². The second-order valence-corrected chi connectivity index (χ2v) is 6.79. The first kappa shape index (κ1) is 16.8. The number of halogens is 3. The van der Waals surface area contributed by atoms with Crippen molar-refractivity contribution in [2.75, 3.05) is 11.1 Å². The van der Waals surface area contributed by atoms with Gasteiger partial charge < -0.3 is 15.8 Å². The number of nitrogens with zero attached hydrogens (tertiary/aromatic N) is 3. The molecule has 0 saturated carbocycles. The van der Waals surface area contributed by atoms with E-state index in [4.69, 9.17) is 17.3 Å². The van der Waals surface area contributed by atoms with Crippen LogP contribution < -0.4 is 15.8 Å². The van der Waals surface area contributed by atoms with Gasteiger partial charge in [-0.1, -0.05) is 22.9 Å². The van der Waals surface area contributed by atoms with Gasteiger partial charge in [0.15, 0.2) is 10.3 Å². The molecule has 0 bridgehead atoms. The van der Waals surface area contributed by atoms with Crippen LogP contribution in [0.15, 0.2) is 17.5 Å². The van der Waals surface area contributed by atoms with Crippen LogP contribution in [0.5, 0.6) is 5.88 Å². The Bertz CT molecular complexity index is 870. The predicted molar refractivity (Wildman–Crippen MR) is 91.5 cm³/mol. The largest absolute Gasteiger partial charge is 0.415 e. The second kappa shape index (κ2) is 6.83. The Morgan fingerprint density at radius 1 is 1.29 bits per heavy atom. The normalized spacial score (nSPS) is 11.0. The molecule has 24 heavy (non-hydrogen) atoms. The number of nitrogens with one attached hydrogen (secondary N) is 1. The van der Waals surface area contributed by atoms with Gasteiger partial charge in [-0.15, -0.1) is 11.3 Å². The zero-order valence-corrected chi connectivity index (χ0v) is 14.5. The number of nitrogens with two attached hydrogens (primary N) is 1. The molecule has 0 aliphatic heterocycles. The van der Waals surface area contributed by atoms with Crippen LogP contribution in [0, 0.1) is 6.92 Å². The minimum atomic E-state index is -3.00. The summed E-state index contributed by atoms with van der Waals surface area (Å²) in [4.78, 5) is 13.4. The van der Waals surface area contributed by atoms with Gasteiger partial charge in [-0.2, -0.15) is 13.8 Å². The molecule has 0 saturated heterocycles. The number of aromatic nitrogens is 3. The fraction of sp³-hybridized carbons (Fsp3) is 0.154. The summed E-state index contributed by atoms with van der Waals surface area (Å²) in [6.45, 7) is -1.15. The van der Waals surface area contributed by atoms with E-state index in [1.54, 1.807) is 0 Å². The van der Waals surface area contributed by atoms with Crippen LogP contribution in [0.1, 0.15) is 5.69 Å². The summed E-state index contributed by atoms with van der Waals surface area (Å²) in [6, 6.07) is 2.95. The number of ether oxygens (including phenoxy) is 1. The number of rotatable bonds is 5. The molecule has 3 aromatic rings. The Morgan fingerprint density at radius 2 is 2.08 bits per heavy atom. The van der Waals surface area contributed by atoms with Crippen molar-refractivity contribution in [2.24, 2.45) is 0 Å². The minimum absolute atomic E-state index is 0.00330. The first-order valence-corrected chi connectivity index (χ1v) is 8.57. The van der Waals surface area contributed by atoms with Gasteiger partial charge in [0.25, 0.3) is 0 Å². The lowest BCUT2D eigenvalue weighted by atomic mass is 10.3. The van der Waals surface area contributed by atoms with Crippen LogP contribution in [-0.4, -0.2) is 21.6 Å². The maximum absolute atomic E-state index is 12.3. The third-order valence-corrected chi connectivity index (χ3v) is 4.85. The fourth-order valence-electron chi connectivity index (χ4n) is 1.86. The number of thiazole rings is 2. The molecule has 3 N–H and O–H groups in total. The molecule has 0 fully saturated rings. The van der Waals surface area contributed by atoms with Crippen molar-refractivity contribution in [1.82, 2.24) is 15.0 Å². The van der Waals surface area contributed by atoms with E-state index in [1.165, 1.54) is 34.8 Å². The Morgan fingerprint density at radius 3 is 2.75 bits per heavy atom. The maximum Gasteiger partial charge on any atom is 0.388 e. The summed E-state index contributed by atoms with van der Waals surface area (Å²) in [5.74, 6) is -0.0592. The molecule has 6 nitrogen and oxygen atoms in total. The summed E-state index contributed by atoms with van der Waals surface area (Å²) in [6.07, 6.45) is 0. The summed E-state index contributed by atoms with van der Waals surface area (Å²) < 4.78 is 28.9. The molecule has 0 atom stereocenters. The van der Waals surface area contributed by atoms with E-state index in [2.05, 4.69) is 25.0 Å². The van der Waals surface area contributed by atoms with Gasteiger partial charge in [0.2, 0.25) is 5.88 Å². The minimum Gasteiger partial charge on any atom is -0.415 e. The van der Waals surface area contributed by atoms with Crippen molar-refractivity contribution in [2.45, 2.75) is 13.5 Å². The number of hydrogen-bond acceptors (Lipinski definition) is 8. The summed E-state index contributed by atoms with van der Waals surface area (Å²) >= 11 is 8.45.